The lowest BCUT2D eigenvalue weighted by atomic mass is 10.0. The number of hydrogen-bond acceptors (Lipinski definition) is 5. The van der Waals surface area contributed by atoms with Gasteiger partial charge in [0.1, 0.15) is 11.8 Å². The summed E-state index contributed by atoms with van der Waals surface area (Å²) in [7, 11) is 3.34. The highest BCUT2D eigenvalue weighted by Gasteiger charge is 2.30. The SMILES string of the molecule is Bc1cc(OC[C@H]2CN[C@H](C(=O)OC)C2)ccn1. The molecule has 1 aromatic heterocycles. The zero-order chi connectivity index (χ0) is 13.0. The van der Waals surface area contributed by atoms with Gasteiger partial charge in [-0.25, -0.2) is 0 Å². The van der Waals surface area contributed by atoms with Crippen molar-refractivity contribution in [3.8, 4) is 5.75 Å². The van der Waals surface area contributed by atoms with Crippen molar-refractivity contribution in [1.29, 1.82) is 0 Å². The summed E-state index contributed by atoms with van der Waals surface area (Å²) in [5, 5.41) is 3.14. The summed E-state index contributed by atoms with van der Waals surface area (Å²) < 4.78 is 10.4. The molecule has 2 rings (SSSR count). The molecule has 0 saturated carbocycles. The summed E-state index contributed by atoms with van der Waals surface area (Å²) in [6, 6.07) is 3.55. The van der Waals surface area contributed by atoms with Crippen molar-refractivity contribution in [2.24, 2.45) is 5.92 Å². The molecule has 1 fully saturated rings. The van der Waals surface area contributed by atoms with E-state index < -0.39 is 0 Å². The Bertz CT molecular complexity index is 428. The van der Waals surface area contributed by atoms with Crippen LogP contribution in [0.3, 0.4) is 0 Å². The maximum Gasteiger partial charge on any atom is 0.322 e. The highest BCUT2D eigenvalue weighted by atomic mass is 16.5. The lowest BCUT2D eigenvalue weighted by Gasteiger charge is -2.11. The van der Waals surface area contributed by atoms with Gasteiger partial charge in [0.05, 0.1) is 13.7 Å². The second-order valence-corrected chi connectivity index (χ2v) is 4.53. The van der Waals surface area contributed by atoms with Crippen molar-refractivity contribution in [1.82, 2.24) is 10.3 Å². The summed E-state index contributed by atoms with van der Waals surface area (Å²) in [6.45, 7) is 1.38. The van der Waals surface area contributed by atoms with Gasteiger partial charge in [0.2, 0.25) is 0 Å². The van der Waals surface area contributed by atoms with Crippen LogP contribution in [0, 0.1) is 5.92 Å². The van der Waals surface area contributed by atoms with Crippen molar-refractivity contribution >= 4 is 19.4 Å². The van der Waals surface area contributed by atoms with Gasteiger partial charge in [-0.1, -0.05) is 0 Å². The summed E-state index contributed by atoms with van der Waals surface area (Å²) in [6.07, 6.45) is 2.49. The normalized spacial score (nSPS) is 22.7. The van der Waals surface area contributed by atoms with E-state index in [-0.39, 0.29) is 12.0 Å². The molecule has 0 amide bonds. The fraction of sp³-hybridized carbons (Fsp3) is 0.500. The summed E-state index contributed by atoms with van der Waals surface area (Å²) in [5.41, 5.74) is 0.935. The molecule has 1 N–H and O–H groups in total. The van der Waals surface area contributed by atoms with E-state index in [4.69, 9.17) is 9.47 Å². The van der Waals surface area contributed by atoms with Crippen LogP contribution in [0.5, 0.6) is 5.75 Å². The molecule has 0 spiro atoms. The molecule has 0 bridgehead atoms. The van der Waals surface area contributed by atoms with Crippen LogP contribution in [0.4, 0.5) is 0 Å². The smallest absolute Gasteiger partial charge is 0.322 e. The predicted octanol–water partition coefficient (Wildman–Crippen LogP) is -1.13. The average Bonchev–Trinajstić information content (AvgIpc) is 2.84. The number of hydrogen-bond donors (Lipinski definition) is 1. The molecule has 0 aliphatic carbocycles. The molecule has 1 aliphatic heterocycles. The van der Waals surface area contributed by atoms with Gasteiger partial charge in [-0.2, -0.15) is 0 Å². The lowest BCUT2D eigenvalue weighted by Crippen LogP contribution is -2.31. The lowest BCUT2D eigenvalue weighted by molar-refractivity contribution is -0.142. The molecule has 1 aromatic rings. The van der Waals surface area contributed by atoms with Gasteiger partial charge in [0, 0.05) is 18.7 Å². The number of esters is 1. The number of pyridine rings is 1. The number of methoxy groups -OCH3 is 1. The number of ether oxygens (including phenoxy) is 2. The minimum Gasteiger partial charge on any atom is -0.493 e. The average molecular weight is 248 g/mol. The summed E-state index contributed by atoms with van der Waals surface area (Å²) in [4.78, 5) is 15.5. The van der Waals surface area contributed by atoms with E-state index in [1.165, 1.54) is 7.11 Å². The van der Waals surface area contributed by atoms with E-state index in [0.29, 0.717) is 12.5 Å². The molecule has 0 radical (unpaired) electrons. The molecule has 0 aromatic carbocycles. The zero-order valence-corrected chi connectivity index (χ0v) is 10.7. The van der Waals surface area contributed by atoms with Crippen LogP contribution >= 0.6 is 0 Å². The molecule has 96 valence electrons. The number of rotatable bonds is 4. The maximum absolute atomic E-state index is 11.3. The quantitative estimate of drug-likeness (QED) is 0.539. The molecule has 1 aliphatic rings. The fourth-order valence-corrected chi connectivity index (χ4v) is 2.08. The van der Waals surface area contributed by atoms with Crippen LogP contribution in [0.2, 0.25) is 0 Å². The second-order valence-electron chi connectivity index (χ2n) is 4.53. The molecule has 2 heterocycles. The van der Waals surface area contributed by atoms with Crippen molar-refractivity contribution in [2.45, 2.75) is 12.5 Å². The van der Waals surface area contributed by atoms with Gasteiger partial charge in [-0.05, 0) is 24.1 Å². The first-order chi connectivity index (χ1) is 8.69. The van der Waals surface area contributed by atoms with E-state index >= 15 is 0 Å². The fourth-order valence-electron chi connectivity index (χ4n) is 2.08. The summed E-state index contributed by atoms with van der Waals surface area (Å²) in [5.74, 6) is 0.962. The first-order valence-electron chi connectivity index (χ1n) is 6.05. The van der Waals surface area contributed by atoms with E-state index in [1.54, 1.807) is 6.20 Å². The third-order valence-corrected chi connectivity index (χ3v) is 3.06. The Balaban J connectivity index is 1.80. The van der Waals surface area contributed by atoms with E-state index in [2.05, 4.69) is 10.3 Å². The highest BCUT2D eigenvalue weighted by Crippen LogP contribution is 2.17. The van der Waals surface area contributed by atoms with E-state index in [1.807, 2.05) is 20.0 Å². The van der Waals surface area contributed by atoms with Gasteiger partial charge < -0.3 is 14.8 Å². The first kappa shape index (κ1) is 12.9. The molecule has 18 heavy (non-hydrogen) atoms. The van der Waals surface area contributed by atoms with Crippen LogP contribution in [0.1, 0.15) is 6.42 Å². The van der Waals surface area contributed by atoms with Gasteiger partial charge in [-0.15, -0.1) is 0 Å². The Morgan fingerprint density at radius 3 is 3.22 bits per heavy atom. The van der Waals surface area contributed by atoms with Crippen LogP contribution in [0.15, 0.2) is 18.3 Å². The predicted molar refractivity (Wildman–Crippen MR) is 69.8 cm³/mol. The molecular formula is C12H17BN2O3. The van der Waals surface area contributed by atoms with Crippen LogP contribution in [-0.2, 0) is 9.53 Å². The van der Waals surface area contributed by atoms with Crippen molar-refractivity contribution < 1.29 is 14.3 Å². The Labute approximate surface area is 107 Å². The Kier molecular flexibility index (Phi) is 4.20. The highest BCUT2D eigenvalue weighted by molar-refractivity contribution is 6.30. The maximum atomic E-state index is 11.3. The van der Waals surface area contributed by atoms with Gasteiger partial charge in [-0.3, -0.25) is 9.78 Å². The van der Waals surface area contributed by atoms with Crippen LogP contribution < -0.4 is 15.6 Å². The minimum absolute atomic E-state index is 0.192. The van der Waals surface area contributed by atoms with Gasteiger partial charge in [0.15, 0.2) is 7.85 Å². The minimum atomic E-state index is -0.197. The van der Waals surface area contributed by atoms with Gasteiger partial charge in [0.25, 0.3) is 0 Å². The Morgan fingerprint density at radius 2 is 2.50 bits per heavy atom. The van der Waals surface area contributed by atoms with Crippen molar-refractivity contribution in [2.75, 3.05) is 20.3 Å². The topological polar surface area (TPSA) is 60.5 Å². The molecular weight excluding hydrogens is 231 g/mol. The Hall–Kier alpha value is -1.56. The summed E-state index contributed by atoms with van der Waals surface area (Å²) >= 11 is 0. The molecule has 6 heteroatoms. The molecule has 1 saturated heterocycles. The largest absolute Gasteiger partial charge is 0.493 e. The number of carbonyl (C=O) groups is 1. The van der Waals surface area contributed by atoms with E-state index in [9.17, 15) is 4.79 Å². The van der Waals surface area contributed by atoms with Gasteiger partial charge >= 0.3 is 5.97 Å². The van der Waals surface area contributed by atoms with Crippen LogP contribution in [0.25, 0.3) is 0 Å². The monoisotopic (exact) mass is 248 g/mol. The zero-order valence-electron chi connectivity index (χ0n) is 10.7. The Morgan fingerprint density at radius 1 is 1.67 bits per heavy atom. The molecule has 0 unspecified atom stereocenters. The standard InChI is InChI=1S/C12H17BN2O3/c1-17-12(16)10-4-8(6-15-10)7-18-9-2-3-14-11(13)5-9/h2-3,5,8,10,15H,4,6-7,13H2,1H3/t8-,10+/m1/s1. The van der Waals surface area contributed by atoms with Crippen molar-refractivity contribution in [3.05, 3.63) is 18.3 Å². The van der Waals surface area contributed by atoms with Crippen LogP contribution in [-0.4, -0.2) is 45.1 Å². The van der Waals surface area contributed by atoms with E-state index in [0.717, 1.165) is 24.3 Å². The number of aromatic nitrogens is 1. The molecule has 2 atom stereocenters. The van der Waals surface area contributed by atoms with Crippen molar-refractivity contribution in [3.63, 3.8) is 0 Å². The number of nitrogens with one attached hydrogen (secondary N) is 1. The number of nitrogens with zero attached hydrogens (tertiary/aromatic N) is 1. The third-order valence-electron chi connectivity index (χ3n) is 3.06. The first-order valence-corrected chi connectivity index (χ1v) is 6.05. The number of carbonyl (C=O) groups excluding carboxylic acids is 1. The third kappa shape index (κ3) is 3.23. The second kappa shape index (κ2) is 5.86. The molecule has 5 nitrogen and oxygen atoms in total.